The summed E-state index contributed by atoms with van der Waals surface area (Å²) >= 11 is 0. The molecule has 4 aliphatic carbocycles. The molecule has 3 fully saturated rings. The van der Waals surface area contributed by atoms with Crippen LogP contribution in [-0.4, -0.2) is 44.4 Å². The standard InChI is InChI=1S/C27H44N2O/c1-18(29(5)6)21-12-14-27(4)23-9-8-22-19(15-20(23)11-13-26(21,27)3)7-10-24-25(22,2)16-30-17-28-24/h11,15,18,21-24,28H,7-10,12-14,16-17H2,1-6H3/t18-,21+,22+,23+,24-,25-,26+,27-/m0/s1. The van der Waals surface area contributed by atoms with Gasteiger partial charge in [-0.05, 0) is 100 Å². The Labute approximate surface area is 184 Å². The van der Waals surface area contributed by atoms with Crippen LogP contribution < -0.4 is 5.32 Å². The van der Waals surface area contributed by atoms with E-state index in [0.29, 0.717) is 28.8 Å². The lowest BCUT2D eigenvalue weighted by Crippen LogP contribution is -2.57. The van der Waals surface area contributed by atoms with Crippen molar-refractivity contribution in [3.05, 3.63) is 23.3 Å². The molecule has 3 nitrogen and oxygen atoms in total. The number of nitrogens with zero attached hydrogens (tertiary/aromatic N) is 1. The highest BCUT2D eigenvalue weighted by Crippen LogP contribution is 2.68. The van der Waals surface area contributed by atoms with Crippen LogP contribution in [0, 0.1) is 34.0 Å². The van der Waals surface area contributed by atoms with E-state index in [2.05, 4.69) is 64.2 Å². The van der Waals surface area contributed by atoms with E-state index in [-0.39, 0.29) is 5.41 Å². The maximum atomic E-state index is 5.96. The lowest BCUT2D eigenvalue weighted by molar-refractivity contribution is -0.0740. The Balaban J connectivity index is 1.48. The molecule has 30 heavy (non-hydrogen) atoms. The van der Waals surface area contributed by atoms with E-state index in [9.17, 15) is 0 Å². The molecule has 8 atom stereocenters. The highest BCUT2D eigenvalue weighted by molar-refractivity contribution is 5.37. The lowest BCUT2D eigenvalue weighted by Gasteiger charge is -2.54. The zero-order valence-corrected chi connectivity index (χ0v) is 20.3. The van der Waals surface area contributed by atoms with Crippen LogP contribution in [0.2, 0.25) is 0 Å². The van der Waals surface area contributed by atoms with Gasteiger partial charge in [0.25, 0.3) is 0 Å². The second kappa shape index (κ2) is 7.18. The quantitative estimate of drug-likeness (QED) is 0.658. The molecule has 0 unspecified atom stereocenters. The van der Waals surface area contributed by atoms with Crippen LogP contribution in [0.3, 0.4) is 0 Å². The molecular formula is C27H44N2O. The van der Waals surface area contributed by atoms with Crippen molar-refractivity contribution in [1.82, 2.24) is 10.2 Å². The maximum Gasteiger partial charge on any atom is 0.0967 e. The van der Waals surface area contributed by atoms with Gasteiger partial charge in [0.1, 0.15) is 0 Å². The van der Waals surface area contributed by atoms with Crippen LogP contribution in [0.1, 0.15) is 72.6 Å². The highest BCUT2D eigenvalue weighted by Gasteiger charge is 2.61. The summed E-state index contributed by atoms with van der Waals surface area (Å²) in [5.41, 5.74) is 4.53. The molecule has 0 radical (unpaired) electrons. The summed E-state index contributed by atoms with van der Waals surface area (Å²) in [4.78, 5) is 2.46. The number of rotatable bonds is 2. The van der Waals surface area contributed by atoms with Crippen LogP contribution in [0.5, 0.6) is 0 Å². The molecule has 0 aromatic rings. The van der Waals surface area contributed by atoms with Crippen molar-refractivity contribution in [3.8, 4) is 0 Å². The molecule has 5 rings (SSSR count). The van der Waals surface area contributed by atoms with Crippen LogP contribution in [0.25, 0.3) is 0 Å². The zero-order valence-electron chi connectivity index (χ0n) is 20.3. The normalized spacial score (nSPS) is 49.2. The fourth-order valence-electron chi connectivity index (χ4n) is 8.74. The van der Waals surface area contributed by atoms with Crippen molar-refractivity contribution >= 4 is 0 Å². The van der Waals surface area contributed by atoms with Gasteiger partial charge in [-0.25, -0.2) is 0 Å². The molecule has 1 N–H and O–H groups in total. The molecule has 0 spiro atoms. The van der Waals surface area contributed by atoms with Crippen molar-refractivity contribution in [2.24, 2.45) is 34.0 Å². The summed E-state index contributed by atoms with van der Waals surface area (Å²) in [5.74, 6) is 2.21. The molecule has 0 bridgehead atoms. The Bertz CT molecular complexity index is 756. The monoisotopic (exact) mass is 412 g/mol. The fraction of sp³-hybridized carbons (Fsp3) is 0.852. The third-order valence-corrected chi connectivity index (χ3v) is 11.1. The largest absolute Gasteiger partial charge is 0.366 e. The van der Waals surface area contributed by atoms with Gasteiger partial charge in [0.15, 0.2) is 0 Å². The van der Waals surface area contributed by atoms with E-state index in [1.54, 1.807) is 11.1 Å². The van der Waals surface area contributed by atoms with E-state index in [4.69, 9.17) is 4.74 Å². The predicted octanol–water partition coefficient (Wildman–Crippen LogP) is 5.39. The molecule has 2 saturated carbocycles. The van der Waals surface area contributed by atoms with Gasteiger partial charge >= 0.3 is 0 Å². The lowest BCUT2D eigenvalue weighted by atomic mass is 9.51. The summed E-state index contributed by atoms with van der Waals surface area (Å²) in [6.45, 7) is 11.9. The van der Waals surface area contributed by atoms with Gasteiger partial charge in [0.2, 0.25) is 0 Å². The Hall–Kier alpha value is -0.640. The molecule has 0 amide bonds. The fourth-order valence-corrected chi connectivity index (χ4v) is 8.74. The second-order valence-corrected chi connectivity index (χ2v) is 12.3. The van der Waals surface area contributed by atoms with E-state index in [0.717, 1.165) is 25.2 Å². The van der Waals surface area contributed by atoms with Crippen molar-refractivity contribution in [2.45, 2.75) is 84.7 Å². The Morgan fingerprint density at radius 2 is 1.83 bits per heavy atom. The van der Waals surface area contributed by atoms with Gasteiger partial charge < -0.3 is 9.64 Å². The van der Waals surface area contributed by atoms with Crippen LogP contribution in [0.15, 0.2) is 23.3 Å². The van der Waals surface area contributed by atoms with Crippen molar-refractivity contribution < 1.29 is 4.74 Å². The maximum absolute atomic E-state index is 5.96. The van der Waals surface area contributed by atoms with Gasteiger partial charge in [-0.3, -0.25) is 5.32 Å². The molecule has 5 aliphatic rings. The predicted molar refractivity (Wildman–Crippen MR) is 124 cm³/mol. The number of hydrogen-bond donors (Lipinski definition) is 1. The van der Waals surface area contributed by atoms with E-state index >= 15 is 0 Å². The van der Waals surface area contributed by atoms with Crippen LogP contribution >= 0.6 is 0 Å². The number of allylic oxidation sites excluding steroid dienone is 4. The first-order chi connectivity index (χ1) is 14.2. The number of nitrogens with one attached hydrogen (secondary N) is 1. The van der Waals surface area contributed by atoms with E-state index < -0.39 is 0 Å². The molecule has 168 valence electrons. The van der Waals surface area contributed by atoms with Gasteiger partial charge in [-0.15, -0.1) is 0 Å². The molecule has 3 heteroatoms. The second-order valence-electron chi connectivity index (χ2n) is 12.3. The first-order valence-corrected chi connectivity index (χ1v) is 12.6. The van der Waals surface area contributed by atoms with Gasteiger partial charge in [-0.2, -0.15) is 0 Å². The number of hydrogen-bond acceptors (Lipinski definition) is 3. The molecular weight excluding hydrogens is 368 g/mol. The Morgan fingerprint density at radius 1 is 1.07 bits per heavy atom. The first kappa shape index (κ1) is 21.2. The zero-order chi connectivity index (χ0) is 21.3. The third kappa shape index (κ3) is 2.80. The van der Waals surface area contributed by atoms with Crippen LogP contribution in [-0.2, 0) is 4.74 Å². The summed E-state index contributed by atoms with van der Waals surface area (Å²) < 4.78 is 5.96. The minimum atomic E-state index is 0.262. The summed E-state index contributed by atoms with van der Waals surface area (Å²) in [5, 5.41) is 3.69. The summed E-state index contributed by atoms with van der Waals surface area (Å²) in [6.07, 6.45) is 14.6. The third-order valence-electron chi connectivity index (χ3n) is 11.1. The van der Waals surface area contributed by atoms with Crippen LogP contribution in [0.4, 0.5) is 0 Å². The molecule has 1 heterocycles. The number of fused-ring (bicyclic) bond motifs is 6. The molecule has 0 aromatic carbocycles. The van der Waals surface area contributed by atoms with E-state index in [1.807, 2.05) is 0 Å². The molecule has 1 aliphatic heterocycles. The SMILES string of the molecule is C[C@@H]([C@H]1CC[C@@]2(C)[C@@H]3CC[C@@H]4C(=CC3=CC[C@]12C)CC[C@@H]1NCOC[C@]14C)N(C)C. The topological polar surface area (TPSA) is 24.5 Å². The van der Waals surface area contributed by atoms with Crippen molar-refractivity contribution in [3.63, 3.8) is 0 Å². The Kier molecular flexibility index (Phi) is 5.08. The summed E-state index contributed by atoms with van der Waals surface area (Å²) in [6, 6.07) is 1.28. The van der Waals surface area contributed by atoms with E-state index in [1.165, 1.54) is 44.9 Å². The van der Waals surface area contributed by atoms with Gasteiger partial charge in [0, 0.05) is 17.5 Å². The smallest absolute Gasteiger partial charge is 0.0967 e. The molecule has 0 aromatic heterocycles. The minimum absolute atomic E-state index is 0.262. The van der Waals surface area contributed by atoms with Crippen molar-refractivity contribution in [2.75, 3.05) is 27.4 Å². The minimum Gasteiger partial charge on any atom is -0.366 e. The van der Waals surface area contributed by atoms with Gasteiger partial charge in [-0.1, -0.05) is 38.5 Å². The van der Waals surface area contributed by atoms with Crippen molar-refractivity contribution in [1.29, 1.82) is 0 Å². The van der Waals surface area contributed by atoms with Gasteiger partial charge in [0.05, 0.1) is 13.3 Å². The summed E-state index contributed by atoms with van der Waals surface area (Å²) in [7, 11) is 4.54. The highest BCUT2D eigenvalue weighted by atomic mass is 16.5. The molecule has 1 saturated heterocycles. The average Bonchev–Trinajstić information content (AvgIpc) is 2.86. The number of ether oxygens (including phenoxy) is 1. The average molecular weight is 413 g/mol. The Morgan fingerprint density at radius 3 is 2.60 bits per heavy atom. The first-order valence-electron chi connectivity index (χ1n) is 12.6.